The number of aliphatic hydroxyl groups is 1. The molecular weight excluding hydrogens is 219 g/mol. The average Bonchev–Trinajstić information content (AvgIpc) is 2.26. The predicted molar refractivity (Wildman–Crippen MR) is 61.6 cm³/mol. The van der Waals surface area contributed by atoms with E-state index in [1.54, 1.807) is 6.07 Å². The standard InChI is InChI=1S/C13H15FN2O/c14-12-5-10(7-15)4-11(6-12)8-16-9-13(17)2-1-3-13/h4-6,16-17H,1-3,8-9H2. The molecule has 2 N–H and O–H groups in total. The molecule has 0 heterocycles. The highest BCUT2D eigenvalue weighted by molar-refractivity contribution is 5.33. The molecule has 0 spiro atoms. The van der Waals surface area contributed by atoms with Crippen LogP contribution in [0.3, 0.4) is 0 Å². The minimum absolute atomic E-state index is 0.323. The third-order valence-electron chi connectivity index (χ3n) is 3.15. The summed E-state index contributed by atoms with van der Waals surface area (Å²) in [6.45, 7) is 0.986. The van der Waals surface area contributed by atoms with E-state index in [9.17, 15) is 9.50 Å². The lowest BCUT2D eigenvalue weighted by atomic mass is 9.80. The van der Waals surface area contributed by atoms with Gasteiger partial charge >= 0.3 is 0 Å². The van der Waals surface area contributed by atoms with Crippen molar-refractivity contribution in [3.63, 3.8) is 0 Å². The van der Waals surface area contributed by atoms with Crippen LogP contribution >= 0.6 is 0 Å². The Kier molecular flexibility index (Phi) is 3.41. The number of hydrogen-bond donors (Lipinski definition) is 2. The fourth-order valence-electron chi connectivity index (χ4n) is 2.02. The molecule has 0 saturated heterocycles. The second-order valence-corrected chi connectivity index (χ2v) is 4.64. The summed E-state index contributed by atoms with van der Waals surface area (Å²) in [5.74, 6) is -0.400. The van der Waals surface area contributed by atoms with Crippen molar-refractivity contribution in [2.75, 3.05) is 6.54 Å². The van der Waals surface area contributed by atoms with E-state index in [0.29, 0.717) is 18.7 Å². The fraction of sp³-hybridized carbons (Fsp3) is 0.462. The van der Waals surface area contributed by atoms with Gasteiger partial charge in [-0.05, 0) is 43.0 Å². The number of halogens is 1. The Morgan fingerprint density at radius 2 is 2.18 bits per heavy atom. The average molecular weight is 234 g/mol. The van der Waals surface area contributed by atoms with E-state index in [4.69, 9.17) is 5.26 Å². The Hall–Kier alpha value is -1.44. The van der Waals surface area contributed by atoms with E-state index in [1.807, 2.05) is 6.07 Å². The molecule has 0 amide bonds. The van der Waals surface area contributed by atoms with Gasteiger partial charge in [0.1, 0.15) is 5.82 Å². The van der Waals surface area contributed by atoms with E-state index >= 15 is 0 Å². The maximum Gasteiger partial charge on any atom is 0.124 e. The zero-order chi connectivity index (χ0) is 12.3. The quantitative estimate of drug-likeness (QED) is 0.833. The third-order valence-corrected chi connectivity index (χ3v) is 3.15. The predicted octanol–water partition coefficient (Wildman–Crippen LogP) is 1.70. The largest absolute Gasteiger partial charge is 0.389 e. The Balaban J connectivity index is 1.90. The van der Waals surface area contributed by atoms with Gasteiger partial charge in [0.15, 0.2) is 0 Å². The van der Waals surface area contributed by atoms with Gasteiger partial charge in [0.05, 0.1) is 17.2 Å². The first-order valence-electron chi connectivity index (χ1n) is 5.74. The van der Waals surface area contributed by atoms with Crippen molar-refractivity contribution in [2.24, 2.45) is 0 Å². The van der Waals surface area contributed by atoms with Gasteiger partial charge in [0.25, 0.3) is 0 Å². The fourth-order valence-corrected chi connectivity index (χ4v) is 2.02. The van der Waals surface area contributed by atoms with Crippen molar-refractivity contribution < 1.29 is 9.50 Å². The summed E-state index contributed by atoms with van der Waals surface area (Å²) in [5.41, 5.74) is 0.472. The van der Waals surface area contributed by atoms with Crippen molar-refractivity contribution in [1.29, 1.82) is 5.26 Å². The van der Waals surface area contributed by atoms with E-state index in [-0.39, 0.29) is 0 Å². The first-order chi connectivity index (χ1) is 8.11. The van der Waals surface area contributed by atoms with Crippen molar-refractivity contribution in [3.8, 4) is 6.07 Å². The number of hydrogen-bond acceptors (Lipinski definition) is 3. The maximum atomic E-state index is 13.1. The first kappa shape index (κ1) is 12.0. The number of nitrogens with zero attached hydrogens (tertiary/aromatic N) is 1. The molecule has 0 atom stereocenters. The van der Waals surface area contributed by atoms with Crippen LogP contribution in [0.4, 0.5) is 4.39 Å². The van der Waals surface area contributed by atoms with Crippen molar-refractivity contribution in [2.45, 2.75) is 31.4 Å². The summed E-state index contributed by atoms with van der Waals surface area (Å²) in [4.78, 5) is 0. The highest BCUT2D eigenvalue weighted by Crippen LogP contribution is 2.30. The molecule has 1 aromatic carbocycles. The van der Waals surface area contributed by atoms with Crippen LogP contribution in [0.5, 0.6) is 0 Å². The van der Waals surface area contributed by atoms with Crippen LogP contribution in [0.15, 0.2) is 18.2 Å². The molecule has 0 bridgehead atoms. The van der Waals surface area contributed by atoms with Crippen LogP contribution in [0.2, 0.25) is 0 Å². The third kappa shape index (κ3) is 3.02. The van der Waals surface area contributed by atoms with E-state index in [0.717, 1.165) is 24.8 Å². The molecule has 3 nitrogen and oxygen atoms in total. The van der Waals surface area contributed by atoms with Crippen LogP contribution in [-0.4, -0.2) is 17.3 Å². The van der Waals surface area contributed by atoms with E-state index in [2.05, 4.69) is 5.32 Å². The Bertz CT molecular complexity index is 449. The van der Waals surface area contributed by atoms with Crippen LogP contribution in [0.1, 0.15) is 30.4 Å². The van der Waals surface area contributed by atoms with Crippen LogP contribution in [0, 0.1) is 17.1 Å². The smallest absolute Gasteiger partial charge is 0.124 e. The molecule has 1 saturated carbocycles. The summed E-state index contributed by atoms with van der Waals surface area (Å²) in [6, 6.07) is 6.19. The van der Waals surface area contributed by atoms with E-state index in [1.165, 1.54) is 12.1 Å². The van der Waals surface area contributed by atoms with Gasteiger partial charge in [-0.25, -0.2) is 4.39 Å². The van der Waals surface area contributed by atoms with Gasteiger partial charge in [0, 0.05) is 13.1 Å². The summed E-state index contributed by atoms with van der Waals surface area (Å²) in [7, 11) is 0. The summed E-state index contributed by atoms with van der Waals surface area (Å²) < 4.78 is 13.1. The lowest BCUT2D eigenvalue weighted by molar-refractivity contribution is -0.0314. The maximum absolute atomic E-state index is 13.1. The Morgan fingerprint density at radius 3 is 2.76 bits per heavy atom. The van der Waals surface area contributed by atoms with Crippen LogP contribution in [0.25, 0.3) is 0 Å². The lowest BCUT2D eigenvalue weighted by Gasteiger charge is -2.36. The number of rotatable bonds is 4. The summed E-state index contributed by atoms with van der Waals surface area (Å²) in [6.07, 6.45) is 2.72. The molecule has 0 unspecified atom stereocenters. The zero-order valence-electron chi connectivity index (χ0n) is 9.54. The summed E-state index contributed by atoms with van der Waals surface area (Å²) in [5, 5.41) is 21.7. The summed E-state index contributed by atoms with van der Waals surface area (Å²) >= 11 is 0. The van der Waals surface area contributed by atoms with Gasteiger partial charge in [-0.1, -0.05) is 0 Å². The second kappa shape index (κ2) is 4.82. The molecule has 2 rings (SSSR count). The molecule has 1 fully saturated rings. The molecule has 0 radical (unpaired) electrons. The van der Waals surface area contributed by atoms with Crippen molar-refractivity contribution >= 4 is 0 Å². The van der Waals surface area contributed by atoms with Crippen molar-refractivity contribution in [3.05, 3.63) is 35.1 Å². The normalized spacial score (nSPS) is 17.2. The highest BCUT2D eigenvalue weighted by Gasteiger charge is 2.33. The van der Waals surface area contributed by atoms with Crippen molar-refractivity contribution in [1.82, 2.24) is 5.32 Å². The topological polar surface area (TPSA) is 56.0 Å². The first-order valence-corrected chi connectivity index (χ1v) is 5.74. The molecule has 1 aliphatic rings. The number of nitriles is 1. The minimum atomic E-state index is -0.578. The van der Waals surface area contributed by atoms with Gasteiger partial charge < -0.3 is 10.4 Å². The Morgan fingerprint density at radius 1 is 1.41 bits per heavy atom. The molecule has 4 heteroatoms. The van der Waals surface area contributed by atoms with Gasteiger partial charge in [-0.3, -0.25) is 0 Å². The number of nitrogens with one attached hydrogen (secondary N) is 1. The van der Waals surface area contributed by atoms with Gasteiger partial charge in [-0.15, -0.1) is 0 Å². The molecule has 90 valence electrons. The van der Waals surface area contributed by atoms with Gasteiger partial charge in [-0.2, -0.15) is 5.26 Å². The molecule has 1 aliphatic carbocycles. The van der Waals surface area contributed by atoms with E-state index < -0.39 is 11.4 Å². The highest BCUT2D eigenvalue weighted by atomic mass is 19.1. The Labute approximate surface area is 99.9 Å². The molecule has 1 aromatic rings. The van der Waals surface area contributed by atoms with Gasteiger partial charge in [0.2, 0.25) is 0 Å². The SMILES string of the molecule is N#Cc1cc(F)cc(CNCC2(O)CCC2)c1. The molecular formula is C13H15FN2O. The minimum Gasteiger partial charge on any atom is -0.389 e. The number of benzene rings is 1. The molecule has 0 aliphatic heterocycles. The lowest BCUT2D eigenvalue weighted by Crippen LogP contribution is -2.45. The molecule has 17 heavy (non-hydrogen) atoms. The second-order valence-electron chi connectivity index (χ2n) is 4.64. The van der Waals surface area contributed by atoms with Crippen LogP contribution in [-0.2, 0) is 6.54 Å². The van der Waals surface area contributed by atoms with Crippen LogP contribution < -0.4 is 5.32 Å². The monoisotopic (exact) mass is 234 g/mol. The molecule has 0 aromatic heterocycles. The zero-order valence-corrected chi connectivity index (χ0v) is 9.54.